The van der Waals surface area contributed by atoms with E-state index in [2.05, 4.69) is 15.1 Å². The first-order valence-electron chi connectivity index (χ1n) is 13.9. The maximum Gasteiger partial charge on any atom is 0.493 e. The van der Waals surface area contributed by atoms with Gasteiger partial charge in [-0.05, 0) is 54.4 Å². The van der Waals surface area contributed by atoms with E-state index in [9.17, 15) is 36.0 Å². The number of halogens is 3. The molecule has 2 heterocycles. The average Bonchev–Trinajstić information content (AvgIpc) is 3.06. The standard InChI is InChI=1S/C31H27F3N4O7S/c32-31(33,34)30(41)45-37-29(40)25-18-38(46(42,43)22-6-2-1-3-7-22)17-15-23(25)28(39)36-21-12-10-20(11-13-21)19-44-27-14-16-35-26-9-5-4-8-24(26)27/h1-14,16,23,25H,15,17-19H2,(H,36,39)(H,37,40)/t23?,25-/m0/s1. The number of amides is 2. The molecule has 15 heteroatoms. The Hall–Kier alpha value is -5.02. The molecule has 0 bridgehead atoms. The minimum atomic E-state index is -5.39. The molecule has 1 unspecified atom stereocenters. The number of hydrogen-bond acceptors (Lipinski definition) is 8. The number of benzene rings is 3. The van der Waals surface area contributed by atoms with Gasteiger partial charge in [-0.15, -0.1) is 0 Å². The minimum absolute atomic E-state index is 0.0678. The van der Waals surface area contributed by atoms with Crippen LogP contribution < -0.4 is 15.5 Å². The number of anilines is 1. The first-order chi connectivity index (χ1) is 21.9. The van der Waals surface area contributed by atoms with Crippen molar-refractivity contribution in [3.05, 3.63) is 96.7 Å². The molecule has 0 spiro atoms. The number of carbonyl (C=O) groups is 3. The van der Waals surface area contributed by atoms with Crippen LogP contribution >= 0.6 is 0 Å². The third-order valence-electron chi connectivity index (χ3n) is 7.33. The number of fused-ring (bicyclic) bond motifs is 1. The van der Waals surface area contributed by atoms with Gasteiger partial charge in [0, 0.05) is 30.4 Å². The molecule has 11 nitrogen and oxygen atoms in total. The number of pyridine rings is 1. The molecular formula is C31H27F3N4O7S. The van der Waals surface area contributed by atoms with Crippen molar-refractivity contribution < 1.29 is 45.5 Å². The Morgan fingerprint density at radius 2 is 1.59 bits per heavy atom. The van der Waals surface area contributed by atoms with Gasteiger partial charge < -0.3 is 14.9 Å². The Labute approximate surface area is 261 Å². The van der Waals surface area contributed by atoms with Crippen LogP contribution in [0, 0.1) is 11.8 Å². The van der Waals surface area contributed by atoms with Crippen LogP contribution in [0.5, 0.6) is 5.75 Å². The van der Waals surface area contributed by atoms with Gasteiger partial charge >= 0.3 is 12.1 Å². The number of para-hydroxylation sites is 1. The third kappa shape index (κ3) is 7.43. The average molecular weight is 657 g/mol. The summed E-state index contributed by atoms with van der Waals surface area (Å²) in [5.74, 6) is -6.62. The van der Waals surface area contributed by atoms with E-state index in [-0.39, 0.29) is 24.5 Å². The van der Waals surface area contributed by atoms with Crippen LogP contribution in [-0.2, 0) is 35.9 Å². The molecule has 2 N–H and O–H groups in total. The lowest BCUT2D eigenvalue weighted by Crippen LogP contribution is -2.52. The zero-order valence-corrected chi connectivity index (χ0v) is 24.8. The molecule has 46 heavy (non-hydrogen) atoms. The fourth-order valence-electron chi connectivity index (χ4n) is 4.97. The van der Waals surface area contributed by atoms with Crippen molar-refractivity contribution in [3.8, 4) is 5.75 Å². The van der Waals surface area contributed by atoms with Gasteiger partial charge in [-0.3, -0.25) is 14.6 Å². The summed E-state index contributed by atoms with van der Waals surface area (Å²) in [6.07, 6.45) is -3.89. The molecular weight excluding hydrogens is 629 g/mol. The fraction of sp³-hybridized carbons (Fsp3) is 0.226. The highest BCUT2D eigenvalue weighted by molar-refractivity contribution is 7.89. The minimum Gasteiger partial charge on any atom is -0.488 e. The Morgan fingerprint density at radius 1 is 0.891 bits per heavy atom. The van der Waals surface area contributed by atoms with Crippen LogP contribution in [0.1, 0.15) is 12.0 Å². The Morgan fingerprint density at radius 3 is 2.30 bits per heavy atom. The van der Waals surface area contributed by atoms with Crippen LogP contribution in [-0.4, -0.2) is 54.8 Å². The van der Waals surface area contributed by atoms with Gasteiger partial charge in [0.15, 0.2) is 0 Å². The van der Waals surface area contributed by atoms with Crippen LogP contribution in [0.4, 0.5) is 18.9 Å². The molecule has 1 aliphatic heterocycles. The highest BCUT2D eigenvalue weighted by Gasteiger charge is 2.45. The van der Waals surface area contributed by atoms with Crippen molar-refractivity contribution in [2.24, 2.45) is 11.8 Å². The summed E-state index contributed by atoms with van der Waals surface area (Å²) < 4.78 is 71.2. The van der Waals surface area contributed by atoms with Gasteiger partial charge in [-0.25, -0.2) is 13.2 Å². The summed E-state index contributed by atoms with van der Waals surface area (Å²) in [5.41, 5.74) is 3.35. The molecule has 3 aromatic carbocycles. The lowest BCUT2D eigenvalue weighted by atomic mass is 9.85. The van der Waals surface area contributed by atoms with Crippen LogP contribution in [0.25, 0.3) is 10.9 Å². The summed E-state index contributed by atoms with van der Waals surface area (Å²) in [5, 5.41) is 3.52. The number of hydroxylamine groups is 1. The topological polar surface area (TPSA) is 144 Å². The van der Waals surface area contributed by atoms with Crippen molar-refractivity contribution in [1.82, 2.24) is 14.8 Å². The highest BCUT2D eigenvalue weighted by atomic mass is 32.2. The summed E-state index contributed by atoms with van der Waals surface area (Å²) in [4.78, 5) is 45.6. The Balaban J connectivity index is 1.27. The highest BCUT2D eigenvalue weighted by Crippen LogP contribution is 2.30. The summed E-state index contributed by atoms with van der Waals surface area (Å²) >= 11 is 0. The van der Waals surface area contributed by atoms with Crippen molar-refractivity contribution in [2.75, 3.05) is 18.4 Å². The summed E-state index contributed by atoms with van der Waals surface area (Å²) in [6.45, 7) is -0.485. The summed E-state index contributed by atoms with van der Waals surface area (Å²) in [7, 11) is -4.12. The largest absolute Gasteiger partial charge is 0.493 e. The van der Waals surface area contributed by atoms with E-state index in [1.54, 1.807) is 42.6 Å². The van der Waals surface area contributed by atoms with E-state index in [4.69, 9.17) is 4.74 Å². The van der Waals surface area contributed by atoms with Crippen molar-refractivity contribution in [1.29, 1.82) is 0 Å². The number of alkyl halides is 3. The molecule has 1 aliphatic rings. The fourth-order valence-corrected chi connectivity index (χ4v) is 6.47. The van der Waals surface area contributed by atoms with Gasteiger partial charge in [-0.2, -0.15) is 23.0 Å². The third-order valence-corrected chi connectivity index (χ3v) is 9.21. The summed E-state index contributed by atoms with van der Waals surface area (Å²) in [6, 6.07) is 23.2. The number of nitrogens with zero attached hydrogens (tertiary/aromatic N) is 2. The molecule has 1 aromatic heterocycles. The number of nitrogens with one attached hydrogen (secondary N) is 2. The Kier molecular flexibility index (Phi) is 9.53. The zero-order valence-electron chi connectivity index (χ0n) is 23.9. The van der Waals surface area contributed by atoms with Gasteiger partial charge in [0.1, 0.15) is 12.4 Å². The number of ether oxygens (including phenoxy) is 1. The van der Waals surface area contributed by atoms with E-state index >= 15 is 0 Å². The Bertz CT molecular complexity index is 1830. The molecule has 2 amide bonds. The van der Waals surface area contributed by atoms with Gasteiger partial charge in [0.05, 0.1) is 22.2 Å². The smallest absolute Gasteiger partial charge is 0.488 e. The molecule has 5 rings (SSSR count). The monoisotopic (exact) mass is 656 g/mol. The first-order valence-corrected chi connectivity index (χ1v) is 15.4. The van der Waals surface area contributed by atoms with Crippen molar-refractivity contribution in [3.63, 3.8) is 0 Å². The second-order valence-electron chi connectivity index (χ2n) is 10.3. The maximum atomic E-state index is 13.3. The van der Waals surface area contributed by atoms with Gasteiger partial charge in [0.25, 0.3) is 5.91 Å². The normalized spacial score (nSPS) is 17.2. The number of carbonyl (C=O) groups excluding carboxylic acids is 3. The molecule has 1 fully saturated rings. The predicted molar refractivity (Wildman–Crippen MR) is 158 cm³/mol. The first kappa shape index (κ1) is 32.4. The SMILES string of the molecule is O=C(Nc1ccc(COc2ccnc3ccccc23)cc1)C1CCN(S(=O)(=O)c2ccccc2)C[C@@H]1C(=O)NOC(=O)C(F)(F)F. The number of hydrogen-bond donors (Lipinski definition) is 2. The quantitative estimate of drug-likeness (QED) is 0.269. The zero-order chi connectivity index (χ0) is 32.9. The van der Waals surface area contributed by atoms with Crippen LogP contribution in [0.2, 0.25) is 0 Å². The number of aromatic nitrogens is 1. The number of piperidine rings is 1. The predicted octanol–water partition coefficient (Wildman–Crippen LogP) is 4.22. The van der Waals surface area contributed by atoms with Gasteiger partial charge in [-0.1, -0.05) is 42.5 Å². The molecule has 4 aromatic rings. The molecule has 240 valence electrons. The van der Waals surface area contributed by atoms with Crippen LogP contribution in [0.15, 0.2) is 96.0 Å². The van der Waals surface area contributed by atoms with Crippen molar-refractivity contribution >= 4 is 44.4 Å². The molecule has 1 saturated heterocycles. The lowest BCUT2D eigenvalue weighted by molar-refractivity contribution is -0.208. The molecule has 2 atom stereocenters. The molecule has 0 aliphatic carbocycles. The van der Waals surface area contributed by atoms with E-state index in [1.165, 1.54) is 29.7 Å². The van der Waals surface area contributed by atoms with Gasteiger partial charge in [0.2, 0.25) is 15.9 Å². The van der Waals surface area contributed by atoms with E-state index < -0.39 is 52.4 Å². The van der Waals surface area contributed by atoms with Crippen molar-refractivity contribution in [2.45, 2.75) is 24.1 Å². The second-order valence-corrected chi connectivity index (χ2v) is 12.3. The lowest BCUT2D eigenvalue weighted by Gasteiger charge is -2.36. The van der Waals surface area contributed by atoms with E-state index in [0.717, 1.165) is 20.8 Å². The molecule has 0 saturated carbocycles. The molecule has 0 radical (unpaired) electrons. The van der Waals surface area contributed by atoms with E-state index in [0.29, 0.717) is 11.4 Å². The second kappa shape index (κ2) is 13.5. The van der Waals surface area contributed by atoms with E-state index in [1.807, 2.05) is 24.3 Å². The number of rotatable bonds is 8. The number of sulfonamides is 1. The van der Waals surface area contributed by atoms with Crippen LogP contribution in [0.3, 0.4) is 0 Å². The maximum absolute atomic E-state index is 13.3.